The molecule has 4 N–H and O–H groups in total. The van der Waals surface area contributed by atoms with Gasteiger partial charge in [-0.15, -0.1) is 0 Å². The van der Waals surface area contributed by atoms with Crippen LogP contribution in [0, 0.1) is 10.8 Å². The second-order valence-electron chi connectivity index (χ2n) is 9.96. The summed E-state index contributed by atoms with van der Waals surface area (Å²) >= 11 is 0. The van der Waals surface area contributed by atoms with Gasteiger partial charge in [-0.3, -0.25) is 9.59 Å². The molecule has 33 heavy (non-hydrogen) atoms. The lowest BCUT2D eigenvalue weighted by Gasteiger charge is -2.19. The van der Waals surface area contributed by atoms with Gasteiger partial charge in [0.05, 0.1) is 22.5 Å². The van der Waals surface area contributed by atoms with Crippen molar-refractivity contribution in [1.82, 2.24) is 0 Å². The highest BCUT2D eigenvalue weighted by Gasteiger charge is 2.24. The minimum Gasteiger partial charge on any atom is -0.478 e. The zero-order chi connectivity index (χ0) is 25.1. The van der Waals surface area contributed by atoms with Crippen molar-refractivity contribution in [2.45, 2.75) is 48.0 Å². The molecule has 0 unspecified atom stereocenters. The molecule has 8 nitrogen and oxygen atoms in total. The molecule has 0 aliphatic rings. The van der Waals surface area contributed by atoms with Crippen molar-refractivity contribution in [1.29, 1.82) is 0 Å². The fourth-order valence-corrected chi connectivity index (χ4v) is 2.83. The van der Waals surface area contributed by atoms with Gasteiger partial charge in [0.25, 0.3) is 0 Å². The molecular formula is C25H30N2O6. The van der Waals surface area contributed by atoms with Crippen LogP contribution in [0.1, 0.15) is 73.4 Å². The van der Waals surface area contributed by atoms with Crippen LogP contribution in [0.2, 0.25) is 0 Å². The molecule has 8 heteroatoms. The van der Waals surface area contributed by atoms with Crippen molar-refractivity contribution < 1.29 is 29.4 Å². The number of anilines is 2. The van der Waals surface area contributed by atoms with Gasteiger partial charge >= 0.3 is 11.9 Å². The van der Waals surface area contributed by atoms with Crippen molar-refractivity contribution in [3.63, 3.8) is 0 Å². The first kappa shape index (κ1) is 25.6. The van der Waals surface area contributed by atoms with Gasteiger partial charge in [-0.05, 0) is 41.8 Å². The summed E-state index contributed by atoms with van der Waals surface area (Å²) in [7, 11) is 0. The predicted octanol–water partition coefficient (Wildman–Crippen LogP) is 4.64. The number of amides is 2. The maximum atomic E-state index is 12.3. The van der Waals surface area contributed by atoms with Crippen LogP contribution < -0.4 is 10.6 Å². The SMILES string of the molecule is CC(C)(C)C(=O)Nc1ccc(Cc2ccc(NC(=O)C(C)(C)C)c(C(=O)O)c2)cc1C(=O)O. The average Bonchev–Trinajstić information content (AvgIpc) is 2.68. The number of nitrogens with one attached hydrogen (secondary N) is 2. The van der Waals surface area contributed by atoms with E-state index >= 15 is 0 Å². The summed E-state index contributed by atoms with van der Waals surface area (Å²) in [6.45, 7) is 10.4. The molecule has 2 aromatic carbocycles. The number of hydrogen-bond donors (Lipinski definition) is 4. The van der Waals surface area contributed by atoms with Crippen LogP contribution in [0.5, 0.6) is 0 Å². The fraction of sp³-hybridized carbons (Fsp3) is 0.360. The van der Waals surface area contributed by atoms with E-state index < -0.39 is 22.8 Å². The normalized spacial score (nSPS) is 11.6. The smallest absolute Gasteiger partial charge is 0.337 e. The van der Waals surface area contributed by atoms with E-state index in [0.717, 1.165) is 0 Å². The standard InChI is InChI=1S/C25H30N2O6/c1-24(2,3)22(32)26-18-9-7-14(12-16(18)20(28)29)11-15-8-10-19(17(13-15)21(30)31)27-23(33)25(4,5)6/h7-10,12-13H,11H2,1-6H3,(H,26,32)(H,27,33)(H,28,29)(H,30,31). The van der Waals surface area contributed by atoms with Gasteiger partial charge in [0.2, 0.25) is 11.8 Å². The summed E-state index contributed by atoms with van der Waals surface area (Å²) in [5, 5.41) is 24.5. The summed E-state index contributed by atoms with van der Waals surface area (Å²) in [5.41, 5.74) is 0.149. The molecular weight excluding hydrogens is 424 g/mol. The van der Waals surface area contributed by atoms with Crippen LogP contribution in [0.15, 0.2) is 36.4 Å². The summed E-state index contributed by atoms with van der Waals surface area (Å²) in [6.07, 6.45) is 0.265. The fourth-order valence-electron chi connectivity index (χ4n) is 2.83. The van der Waals surface area contributed by atoms with Crippen molar-refractivity contribution >= 4 is 35.1 Å². The van der Waals surface area contributed by atoms with E-state index in [4.69, 9.17) is 0 Å². The van der Waals surface area contributed by atoms with Crippen molar-refractivity contribution in [2.24, 2.45) is 10.8 Å². The molecule has 0 radical (unpaired) electrons. The molecule has 0 fully saturated rings. The number of hydrogen-bond acceptors (Lipinski definition) is 4. The Hall–Kier alpha value is -3.68. The molecule has 0 aliphatic heterocycles. The summed E-state index contributed by atoms with van der Waals surface area (Å²) < 4.78 is 0. The van der Waals surface area contributed by atoms with Crippen LogP contribution in [0.25, 0.3) is 0 Å². The molecule has 0 bridgehead atoms. The number of rotatable bonds is 6. The van der Waals surface area contributed by atoms with Crippen molar-refractivity contribution in [3.8, 4) is 0 Å². The maximum Gasteiger partial charge on any atom is 0.337 e. The molecule has 0 aromatic heterocycles. The third-order valence-electron chi connectivity index (χ3n) is 4.90. The van der Waals surface area contributed by atoms with E-state index in [2.05, 4.69) is 10.6 Å². The van der Waals surface area contributed by atoms with Gasteiger partial charge in [-0.1, -0.05) is 53.7 Å². The first-order valence-corrected chi connectivity index (χ1v) is 10.4. The van der Waals surface area contributed by atoms with Crippen molar-refractivity contribution in [2.75, 3.05) is 10.6 Å². The number of carbonyl (C=O) groups excluding carboxylic acids is 2. The molecule has 2 rings (SSSR count). The van der Waals surface area contributed by atoms with E-state index in [1.54, 1.807) is 53.7 Å². The van der Waals surface area contributed by atoms with E-state index in [-0.39, 0.29) is 40.7 Å². The van der Waals surface area contributed by atoms with Crippen LogP contribution in [0.3, 0.4) is 0 Å². The van der Waals surface area contributed by atoms with E-state index in [1.165, 1.54) is 24.3 Å². The molecule has 0 spiro atoms. The maximum absolute atomic E-state index is 12.3. The summed E-state index contributed by atoms with van der Waals surface area (Å²) in [5.74, 6) is -2.99. The number of carbonyl (C=O) groups is 4. The molecule has 0 atom stereocenters. The van der Waals surface area contributed by atoms with Gasteiger partial charge < -0.3 is 20.8 Å². The van der Waals surface area contributed by atoms with Gasteiger partial charge in [0.1, 0.15) is 0 Å². The Bertz CT molecular complexity index is 1020. The summed E-state index contributed by atoms with van der Waals surface area (Å²) in [4.78, 5) is 48.1. The third-order valence-corrected chi connectivity index (χ3v) is 4.90. The van der Waals surface area contributed by atoms with Gasteiger partial charge in [0.15, 0.2) is 0 Å². The lowest BCUT2D eigenvalue weighted by molar-refractivity contribution is -0.123. The Morgan fingerprint density at radius 3 is 1.27 bits per heavy atom. The molecule has 0 saturated heterocycles. The highest BCUT2D eigenvalue weighted by molar-refractivity contribution is 6.03. The molecule has 0 aliphatic carbocycles. The Morgan fingerprint density at radius 2 is 1.00 bits per heavy atom. The molecule has 2 amide bonds. The number of aromatic carboxylic acids is 2. The average molecular weight is 455 g/mol. The number of carboxylic acids is 2. The predicted molar refractivity (Wildman–Crippen MR) is 126 cm³/mol. The van der Waals surface area contributed by atoms with E-state index in [0.29, 0.717) is 11.1 Å². The minimum atomic E-state index is -1.19. The van der Waals surface area contributed by atoms with Gasteiger partial charge in [0, 0.05) is 10.8 Å². The number of benzene rings is 2. The molecule has 0 heterocycles. The van der Waals surface area contributed by atoms with E-state index in [1.807, 2.05) is 0 Å². The van der Waals surface area contributed by atoms with Crippen molar-refractivity contribution in [3.05, 3.63) is 58.7 Å². The topological polar surface area (TPSA) is 133 Å². The van der Waals surface area contributed by atoms with Crippen LogP contribution in [-0.2, 0) is 16.0 Å². The van der Waals surface area contributed by atoms with Gasteiger partial charge in [-0.2, -0.15) is 0 Å². The third kappa shape index (κ3) is 6.65. The Balaban J connectivity index is 2.34. The Morgan fingerprint density at radius 1 is 0.667 bits per heavy atom. The monoisotopic (exact) mass is 454 g/mol. The van der Waals surface area contributed by atoms with Crippen LogP contribution >= 0.6 is 0 Å². The highest BCUT2D eigenvalue weighted by atomic mass is 16.4. The quantitative estimate of drug-likeness (QED) is 0.502. The van der Waals surface area contributed by atoms with E-state index in [9.17, 15) is 29.4 Å². The second-order valence-corrected chi connectivity index (χ2v) is 9.96. The first-order valence-electron chi connectivity index (χ1n) is 10.4. The van der Waals surface area contributed by atoms with Gasteiger partial charge in [-0.25, -0.2) is 9.59 Å². The lowest BCUT2D eigenvalue weighted by Crippen LogP contribution is -2.28. The van der Waals surface area contributed by atoms with Crippen LogP contribution in [0.4, 0.5) is 11.4 Å². The molecule has 0 saturated carbocycles. The second kappa shape index (κ2) is 9.44. The molecule has 176 valence electrons. The Labute approximate surface area is 193 Å². The molecule has 2 aromatic rings. The Kier molecular flexibility index (Phi) is 7.32. The zero-order valence-corrected chi connectivity index (χ0v) is 19.7. The summed E-state index contributed by atoms with van der Waals surface area (Å²) in [6, 6.07) is 9.32. The minimum absolute atomic E-state index is 0.0578. The van der Waals surface area contributed by atoms with Crippen LogP contribution in [-0.4, -0.2) is 34.0 Å². The zero-order valence-electron chi connectivity index (χ0n) is 19.7. The number of carboxylic acid groups (broad SMARTS) is 2. The lowest BCUT2D eigenvalue weighted by atomic mass is 9.94. The first-order chi connectivity index (χ1) is 15.1. The highest BCUT2D eigenvalue weighted by Crippen LogP contribution is 2.26. The largest absolute Gasteiger partial charge is 0.478 e.